The summed E-state index contributed by atoms with van der Waals surface area (Å²) in [5, 5.41) is 0. The van der Waals surface area contributed by atoms with Crippen LogP contribution in [0.3, 0.4) is 0 Å². The molecule has 7 heavy (non-hydrogen) atoms. The fraction of sp³-hybridized carbons (Fsp3) is 0. The van der Waals surface area contributed by atoms with E-state index in [1.807, 2.05) is 0 Å². The van der Waals surface area contributed by atoms with Crippen LogP contribution in [0.4, 0.5) is 0 Å². The van der Waals surface area contributed by atoms with Gasteiger partial charge in [0.15, 0.2) is 0 Å². The van der Waals surface area contributed by atoms with Crippen molar-refractivity contribution in [1.82, 2.24) is 0 Å². The minimum absolute atomic E-state index is 0. The second-order valence-electron chi connectivity index (χ2n) is 0. The molecule has 0 aliphatic rings. The van der Waals surface area contributed by atoms with Gasteiger partial charge in [0.25, 0.3) is 0 Å². The van der Waals surface area contributed by atoms with Crippen molar-refractivity contribution in [2.75, 3.05) is 0 Å². The molecule has 0 saturated heterocycles. The van der Waals surface area contributed by atoms with Crippen LogP contribution in [0.5, 0.6) is 0 Å². The van der Waals surface area contributed by atoms with E-state index in [2.05, 4.69) is 0 Å². The smallest absolute Gasteiger partial charge is 0 e. The molecule has 0 amide bonds. The van der Waals surface area contributed by atoms with E-state index < -0.39 is 0 Å². The summed E-state index contributed by atoms with van der Waals surface area (Å²) in [4.78, 5) is 0. The molecule has 0 heterocycles. The summed E-state index contributed by atoms with van der Waals surface area (Å²) in [6.45, 7) is 0. The predicted octanol–water partition coefficient (Wildman–Crippen LogP) is -0.772. The van der Waals surface area contributed by atoms with Gasteiger partial charge in [0.1, 0.15) is 0 Å². The summed E-state index contributed by atoms with van der Waals surface area (Å²) in [6.07, 6.45) is 0. The molecule has 0 aromatic rings. The van der Waals surface area contributed by atoms with Gasteiger partial charge >= 0.3 is 0 Å². The SMILES string of the molecule is [Bi].[Ce].[Co].[Fe].[Mn].[Ni].[Pb]. The van der Waals surface area contributed by atoms with Gasteiger partial charge in [-0.25, -0.2) is 0 Å². The average Bonchev–Trinajstić information content (AvgIpc) is 0. The molecule has 0 bridgehead atoms. The van der Waals surface area contributed by atoms with Gasteiger partial charge in [0, 0.05) is 163 Å². The van der Waals surface area contributed by atoms with Gasteiger partial charge in [-0.05, 0) is 0 Å². The van der Waals surface area contributed by atoms with Crippen LogP contribution >= 0.6 is 0 Å². The van der Waals surface area contributed by atoms with Crippen LogP contribution in [0.15, 0.2) is 0 Å². The van der Waals surface area contributed by atoms with Crippen molar-refractivity contribution in [3.63, 3.8) is 0 Å². The van der Waals surface area contributed by atoms with E-state index in [9.17, 15) is 0 Å². The van der Waals surface area contributed by atoms with Crippen LogP contribution in [0.1, 0.15) is 0 Å². The Morgan fingerprint density at radius 1 is 1.00 bits per heavy atom. The Morgan fingerprint density at radius 3 is 1.00 bits per heavy atom. The van der Waals surface area contributed by atoms with Crippen molar-refractivity contribution >= 4 is 53.5 Å². The summed E-state index contributed by atoms with van der Waals surface area (Å²) in [6, 6.07) is 0. The first-order chi connectivity index (χ1) is 0. The van der Waals surface area contributed by atoms with E-state index in [1.165, 1.54) is 0 Å². The standard InChI is InChI=1S/Bi.Ce.Co.Fe.Mn.Ni.Pb. The van der Waals surface area contributed by atoms with Crippen LogP contribution < -0.4 is 0 Å². The Kier molecular flexibility index (Phi) is 347. The Hall–Kier alpha value is 5.22. The fourth-order valence-electron chi connectivity index (χ4n) is 0. The Bertz CT molecular complexity index is 19.7. The molecule has 0 saturated carbocycles. The zero-order valence-electron chi connectivity index (χ0n) is 2.83. The molecule has 0 fully saturated rings. The van der Waals surface area contributed by atoms with E-state index in [0.717, 1.165) is 0 Å². The van der Waals surface area contributed by atoms with Crippen molar-refractivity contribution in [1.29, 1.82) is 0 Å². The molecule has 0 rings (SSSR count). The number of rotatable bonds is 0. The molecule has 0 aliphatic carbocycles. The van der Waals surface area contributed by atoms with Gasteiger partial charge in [0.2, 0.25) is 0 Å². The molecule has 0 aliphatic heterocycles. The summed E-state index contributed by atoms with van der Waals surface area (Å²) in [5.74, 6) is 0. The first kappa shape index (κ1) is 56.5. The Balaban J connectivity index is 0. The molecule has 0 unspecified atom stereocenters. The van der Waals surface area contributed by atoms with E-state index in [-0.39, 0.29) is 163 Å². The van der Waals surface area contributed by atoms with E-state index >= 15 is 0 Å². The molecular weight excluding hydrogens is 785 g/mol. The van der Waals surface area contributed by atoms with Crippen LogP contribution in [0.2, 0.25) is 0 Å². The zero-order valence-corrected chi connectivity index (χ0v) is 17.6. The molecule has 0 atom stereocenters. The zero-order chi connectivity index (χ0) is 0. The third-order valence-corrected chi connectivity index (χ3v) is 0. The monoisotopic (exact) mass is 785 g/mol. The summed E-state index contributed by atoms with van der Waals surface area (Å²) in [5.41, 5.74) is 0. The van der Waals surface area contributed by atoms with E-state index in [4.69, 9.17) is 0 Å². The number of hydrogen-bond donors (Lipinski definition) is 0. The molecule has 47 valence electrons. The normalized spacial score (nSPS) is 0. The first-order valence-electron chi connectivity index (χ1n) is 0. The maximum Gasteiger partial charge on any atom is 0 e. The van der Waals surface area contributed by atoms with Gasteiger partial charge in [-0.15, -0.1) is 0 Å². The molecule has 7 heteroatoms. The van der Waals surface area contributed by atoms with Gasteiger partial charge in [0.05, 0.1) is 0 Å². The van der Waals surface area contributed by atoms with Crippen molar-refractivity contribution in [2.24, 2.45) is 0 Å². The molecule has 9 radical (unpaired) electrons. The molecule has 0 aromatic carbocycles. The van der Waals surface area contributed by atoms with Crippen LogP contribution in [0.25, 0.3) is 0 Å². The van der Waals surface area contributed by atoms with Crippen molar-refractivity contribution in [3.8, 4) is 0 Å². The second-order valence-corrected chi connectivity index (χ2v) is 0. The topological polar surface area (TPSA) is 0 Å². The van der Waals surface area contributed by atoms with E-state index in [1.54, 1.807) is 0 Å². The maximum atomic E-state index is 0. The van der Waals surface area contributed by atoms with Crippen molar-refractivity contribution in [2.45, 2.75) is 0 Å². The average molecular weight is 785 g/mol. The minimum atomic E-state index is 0. The maximum absolute atomic E-state index is 0. The molecule has 0 N–H and O–H groups in total. The van der Waals surface area contributed by atoms with Gasteiger partial charge in [-0.2, -0.15) is 0 Å². The Labute approximate surface area is 158 Å². The number of hydrogen-bond acceptors (Lipinski definition) is 0. The van der Waals surface area contributed by atoms with Crippen molar-refractivity contribution < 1.29 is 109 Å². The molecule has 0 aromatic heterocycles. The van der Waals surface area contributed by atoms with Gasteiger partial charge in [-0.3, -0.25) is 0 Å². The van der Waals surface area contributed by atoms with Crippen LogP contribution in [0, 0.1) is 41.7 Å². The predicted molar refractivity (Wildman–Crippen MR) is 11.5 cm³/mol. The van der Waals surface area contributed by atoms with Gasteiger partial charge in [-0.1, -0.05) is 0 Å². The molecule has 0 nitrogen and oxygen atoms in total. The third-order valence-electron chi connectivity index (χ3n) is 0. The largest absolute Gasteiger partial charge is 0 e. The molecular formula is BiCeCoFeMnNiPb. The third kappa shape index (κ3) is 35.0. The summed E-state index contributed by atoms with van der Waals surface area (Å²) >= 11 is 0. The quantitative estimate of drug-likeness (QED) is 0.284. The van der Waals surface area contributed by atoms with Crippen LogP contribution in [-0.4, -0.2) is 53.5 Å². The first-order valence-corrected chi connectivity index (χ1v) is 0. The van der Waals surface area contributed by atoms with Crippen molar-refractivity contribution in [3.05, 3.63) is 0 Å². The van der Waals surface area contributed by atoms with Gasteiger partial charge < -0.3 is 0 Å². The van der Waals surface area contributed by atoms with Crippen LogP contribution in [-0.2, 0) is 67.4 Å². The van der Waals surface area contributed by atoms with E-state index in [0.29, 0.717) is 0 Å². The fourth-order valence-corrected chi connectivity index (χ4v) is 0. The molecule has 0 spiro atoms. The summed E-state index contributed by atoms with van der Waals surface area (Å²) in [7, 11) is 0. The minimum Gasteiger partial charge on any atom is 0 e. The second kappa shape index (κ2) is 43.0. The summed E-state index contributed by atoms with van der Waals surface area (Å²) < 4.78 is 0. The Morgan fingerprint density at radius 2 is 1.00 bits per heavy atom.